The summed E-state index contributed by atoms with van der Waals surface area (Å²) < 4.78 is 5.54. The van der Waals surface area contributed by atoms with Gasteiger partial charge in [0.1, 0.15) is 5.82 Å². The molecule has 0 unspecified atom stereocenters. The minimum atomic E-state index is -0.0747. The standard InChI is InChI=1S/C26H30N2O2/c29-24(26-15-18-11-19(16-26)13-20(12-18)17-26)6-5-22-14-21-3-1-2-4-23(21)27-25(22)28-7-9-30-10-8-28/h1-6,14,18-20H,7-13,15-17H2. The lowest BCUT2D eigenvalue weighted by Gasteiger charge is -2.55. The van der Waals surface area contributed by atoms with E-state index in [-0.39, 0.29) is 5.41 Å². The van der Waals surface area contributed by atoms with Crippen LogP contribution in [-0.2, 0) is 9.53 Å². The van der Waals surface area contributed by atoms with E-state index < -0.39 is 0 Å². The summed E-state index contributed by atoms with van der Waals surface area (Å²) in [7, 11) is 0. The van der Waals surface area contributed by atoms with Gasteiger partial charge >= 0.3 is 0 Å². The number of rotatable bonds is 4. The highest BCUT2D eigenvalue weighted by Crippen LogP contribution is 2.60. The van der Waals surface area contributed by atoms with Crippen LogP contribution in [0, 0.1) is 23.2 Å². The molecule has 1 aromatic carbocycles. The van der Waals surface area contributed by atoms with Crippen molar-refractivity contribution in [2.75, 3.05) is 31.2 Å². The van der Waals surface area contributed by atoms with Crippen LogP contribution in [0.4, 0.5) is 5.82 Å². The summed E-state index contributed by atoms with van der Waals surface area (Å²) in [6.45, 7) is 3.14. The zero-order valence-electron chi connectivity index (χ0n) is 17.6. The number of hydrogen-bond acceptors (Lipinski definition) is 4. The molecule has 0 N–H and O–H groups in total. The number of aromatic nitrogens is 1. The topological polar surface area (TPSA) is 42.4 Å². The van der Waals surface area contributed by atoms with Crippen molar-refractivity contribution in [1.29, 1.82) is 0 Å². The van der Waals surface area contributed by atoms with E-state index in [0.717, 1.165) is 85.6 Å². The van der Waals surface area contributed by atoms with Gasteiger partial charge in [0, 0.05) is 29.5 Å². The number of carbonyl (C=O) groups excluding carboxylic acids is 1. The molecule has 2 aromatic rings. The van der Waals surface area contributed by atoms with Crippen molar-refractivity contribution < 1.29 is 9.53 Å². The number of allylic oxidation sites excluding steroid dienone is 1. The highest BCUT2D eigenvalue weighted by molar-refractivity contribution is 5.99. The third-order valence-electron chi connectivity index (χ3n) is 8.02. The molecule has 5 aliphatic rings. The van der Waals surface area contributed by atoms with Crippen LogP contribution in [0.2, 0.25) is 0 Å². The summed E-state index contributed by atoms with van der Waals surface area (Å²) in [4.78, 5) is 20.8. The first-order valence-electron chi connectivity index (χ1n) is 11.6. The number of ether oxygens (including phenoxy) is 1. The molecule has 5 fully saturated rings. The fourth-order valence-electron chi connectivity index (χ4n) is 7.03. The fraction of sp³-hybridized carbons (Fsp3) is 0.538. The van der Waals surface area contributed by atoms with Crippen LogP contribution in [0.1, 0.15) is 44.1 Å². The van der Waals surface area contributed by atoms with E-state index in [1.165, 1.54) is 19.3 Å². The van der Waals surface area contributed by atoms with Crippen LogP contribution in [0.25, 0.3) is 17.0 Å². The third-order valence-corrected chi connectivity index (χ3v) is 8.02. The minimum absolute atomic E-state index is 0.0747. The molecule has 4 aliphatic carbocycles. The van der Waals surface area contributed by atoms with Gasteiger partial charge in [0.25, 0.3) is 0 Å². The molecule has 1 saturated heterocycles. The van der Waals surface area contributed by atoms with Gasteiger partial charge in [-0.15, -0.1) is 0 Å². The number of pyridine rings is 1. The molecule has 4 bridgehead atoms. The minimum Gasteiger partial charge on any atom is -0.378 e. The Balaban J connectivity index is 1.33. The van der Waals surface area contributed by atoms with E-state index in [1.54, 1.807) is 0 Å². The maximum absolute atomic E-state index is 13.5. The highest BCUT2D eigenvalue weighted by Gasteiger charge is 2.53. The quantitative estimate of drug-likeness (QED) is 0.684. The van der Waals surface area contributed by atoms with Crippen molar-refractivity contribution in [2.45, 2.75) is 38.5 Å². The highest BCUT2D eigenvalue weighted by atomic mass is 16.5. The van der Waals surface area contributed by atoms with E-state index in [4.69, 9.17) is 9.72 Å². The molecule has 7 rings (SSSR count). The van der Waals surface area contributed by atoms with Gasteiger partial charge in [0.05, 0.1) is 18.7 Å². The molecular weight excluding hydrogens is 372 g/mol. The Morgan fingerprint density at radius 3 is 2.40 bits per heavy atom. The fourth-order valence-corrected chi connectivity index (χ4v) is 7.03. The smallest absolute Gasteiger partial charge is 0.161 e. The van der Waals surface area contributed by atoms with Gasteiger partial charge in [-0.3, -0.25) is 4.79 Å². The lowest BCUT2D eigenvalue weighted by Crippen LogP contribution is -2.49. The summed E-state index contributed by atoms with van der Waals surface area (Å²) in [5.41, 5.74) is 1.98. The monoisotopic (exact) mass is 402 g/mol. The van der Waals surface area contributed by atoms with Crippen LogP contribution >= 0.6 is 0 Å². The predicted molar refractivity (Wildman–Crippen MR) is 119 cm³/mol. The molecule has 1 aliphatic heterocycles. The third kappa shape index (κ3) is 3.17. The summed E-state index contributed by atoms with van der Waals surface area (Å²) in [6.07, 6.45) is 11.4. The maximum atomic E-state index is 13.5. The molecule has 0 spiro atoms. The van der Waals surface area contributed by atoms with Crippen molar-refractivity contribution in [2.24, 2.45) is 23.2 Å². The maximum Gasteiger partial charge on any atom is 0.161 e. The van der Waals surface area contributed by atoms with Crippen LogP contribution in [0.3, 0.4) is 0 Å². The van der Waals surface area contributed by atoms with Crippen LogP contribution < -0.4 is 4.90 Å². The number of benzene rings is 1. The Kier molecular flexibility index (Phi) is 4.45. The van der Waals surface area contributed by atoms with Crippen LogP contribution in [-0.4, -0.2) is 37.1 Å². The number of hydrogen-bond donors (Lipinski definition) is 0. The number of nitrogens with zero attached hydrogens (tertiary/aromatic N) is 2. The first-order chi connectivity index (χ1) is 14.7. The first kappa shape index (κ1) is 18.6. The van der Waals surface area contributed by atoms with E-state index in [1.807, 2.05) is 24.3 Å². The van der Waals surface area contributed by atoms with Gasteiger partial charge in [-0.05, 0) is 80.6 Å². The molecule has 4 saturated carbocycles. The second kappa shape index (κ2) is 7.19. The second-order valence-corrected chi connectivity index (χ2v) is 10.1. The Hall–Kier alpha value is -2.20. The normalized spacial score (nSPS) is 32.9. The molecule has 0 atom stereocenters. The molecule has 156 valence electrons. The number of carbonyl (C=O) groups is 1. The van der Waals surface area contributed by atoms with Crippen molar-refractivity contribution in [3.63, 3.8) is 0 Å². The summed E-state index contributed by atoms with van der Waals surface area (Å²) >= 11 is 0. The van der Waals surface area contributed by atoms with E-state index in [2.05, 4.69) is 23.1 Å². The largest absolute Gasteiger partial charge is 0.378 e. The Morgan fingerprint density at radius 2 is 1.70 bits per heavy atom. The van der Waals surface area contributed by atoms with Crippen molar-refractivity contribution in [1.82, 2.24) is 4.98 Å². The Labute approximate surface area is 178 Å². The van der Waals surface area contributed by atoms with Crippen LogP contribution in [0.15, 0.2) is 36.4 Å². The Morgan fingerprint density at radius 1 is 1.03 bits per heavy atom. The molecular formula is C26H30N2O2. The van der Waals surface area contributed by atoms with E-state index >= 15 is 0 Å². The second-order valence-electron chi connectivity index (χ2n) is 10.1. The zero-order valence-corrected chi connectivity index (χ0v) is 17.6. The number of ketones is 1. The average molecular weight is 403 g/mol. The van der Waals surface area contributed by atoms with Crippen molar-refractivity contribution in [3.05, 3.63) is 42.0 Å². The van der Waals surface area contributed by atoms with Gasteiger partial charge in [0.2, 0.25) is 0 Å². The number of fused-ring (bicyclic) bond motifs is 1. The van der Waals surface area contributed by atoms with E-state index in [9.17, 15) is 4.79 Å². The SMILES string of the molecule is O=C(C=Cc1cc2ccccc2nc1N1CCOCC1)C12CC3CC(CC(C3)C1)C2. The van der Waals surface area contributed by atoms with Gasteiger partial charge in [-0.1, -0.05) is 18.2 Å². The number of morpholine rings is 1. The molecule has 1 aromatic heterocycles. The lowest BCUT2D eigenvalue weighted by molar-refractivity contribution is -0.138. The first-order valence-corrected chi connectivity index (χ1v) is 11.6. The zero-order chi connectivity index (χ0) is 20.1. The average Bonchev–Trinajstić information content (AvgIpc) is 2.76. The summed E-state index contributed by atoms with van der Waals surface area (Å²) in [5.74, 6) is 3.72. The summed E-state index contributed by atoms with van der Waals surface area (Å²) in [5, 5.41) is 1.12. The van der Waals surface area contributed by atoms with Crippen molar-refractivity contribution in [3.8, 4) is 0 Å². The van der Waals surface area contributed by atoms with Gasteiger partial charge in [-0.25, -0.2) is 4.98 Å². The molecule has 30 heavy (non-hydrogen) atoms. The Bertz CT molecular complexity index is 970. The molecule has 4 heteroatoms. The lowest BCUT2D eigenvalue weighted by atomic mass is 9.48. The van der Waals surface area contributed by atoms with Gasteiger partial charge in [0.15, 0.2) is 5.78 Å². The van der Waals surface area contributed by atoms with Gasteiger partial charge < -0.3 is 9.64 Å². The van der Waals surface area contributed by atoms with Gasteiger partial charge in [-0.2, -0.15) is 0 Å². The van der Waals surface area contributed by atoms with Crippen molar-refractivity contribution >= 4 is 28.6 Å². The molecule has 0 amide bonds. The molecule has 2 heterocycles. The van der Waals surface area contributed by atoms with E-state index in [0.29, 0.717) is 5.78 Å². The predicted octanol–water partition coefficient (Wildman–Crippen LogP) is 4.87. The number of anilines is 1. The number of para-hydroxylation sites is 1. The van der Waals surface area contributed by atoms with Crippen LogP contribution in [0.5, 0.6) is 0 Å². The molecule has 4 nitrogen and oxygen atoms in total. The summed E-state index contributed by atoms with van der Waals surface area (Å²) in [6, 6.07) is 10.4. The molecule has 0 radical (unpaired) electrons.